The van der Waals surface area contributed by atoms with Gasteiger partial charge in [-0.15, -0.1) is 0 Å². The Morgan fingerprint density at radius 3 is 2.50 bits per heavy atom. The van der Waals surface area contributed by atoms with E-state index in [4.69, 9.17) is 11.6 Å². The van der Waals surface area contributed by atoms with Crippen molar-refractivity contribution >= 4 is 11.6 Å². The number of hydrogen-bond acceptors (Lipinski definition) is 2. The Kier molecular flexibility index (Phi) is 3.08. The Morgan fingerprint density at radius 2 is 1.70 bits per heavy atom. The molecule has 1 aromatic heterocycles. The van der Waals surface area contributed by atoms with Gasteiger partial charge in [-0.1, -0.05) is 35.9 Å². The van der Waals surface area contributed by atoms with E-state index >= 15 is 0 Å². The summed E-state index contributed by atoms with van der Waals surface area (Å²) in [6.07, 6.45) is 2.93. The van der Waals surface area contributed by atoms with Gasteiger partial charge in [0.2, 0.25) is 0 Å². The van der Waals surface area contributed by atoms with Crippen LogP contribution in [0.5, 0.6) is 0 Å². The molecule has 100 valence electrons. The summed E-state index contributed by atoms with van der Waals surface area (Å²) in [5.74, 6) is 0. The first-order valence-electron chi connectivity index (χ1n) is 6.24. The fraction of sp³-hybridized carbons (Fsp3) is 0.0625. The van der Waals surface area contributed by atoms with Crippen LogP contribution in [0.25, 0.3) is 16.9 Å². The maximum atomic E-state index is 5.94. The summed E-state index contributed by atoms with van der Waals surface area (Å²) >= 11 is 5.94. The molecule has 20 heavy (non-hydrogen) atoms. The lowest BCUT2D eigenvalue weighted by Crippen LogP contribution is -1.98. The van der Waals surface area contributed by atoms with Crippen LogP contribution < -0.4 is 6.15 Å². The average Bonchev–Trinajstić information content (AvgIpc) is 2.98. The standard InChI is InChI=1S/C16H11ClN2.H3N/c17-13-5-7-14(8-6-13)19-16-12(10-18-19)9-11-3-1-2-4-15(11)16;/h1-8,10H,9H2;1H3. The molecular weight excluding hydrogens is 270 g/mol. The highest BCUT2D eigenvalue weighted by atomic mass is 35.5. The average molecular weight is 284 g/mol. The highest BCUT2D eigenvalue weighted by Gasteiger charge is 2.23. The molecule has 4 heteroatoms. The van der Waals surface area contributed by atoms with Crippen LogP contribution >= 0.6 is 11.6 Å². The van der Waals surface area contributed by atoms with E-state index in [1.54, 1.807) is 0 Å². The molecular formula is C16H14ClN3. The summed E-state index contributed by atoms with van der Waals surface area (Å²) < 4.78 is 2.00. The van der Waals surface area contributed by atoms with E-state index in [1.807, 2.05) is 35.1 Å². The normalized spacial score (nSPS) is 11.7. The maximum Gasteiger partial charge on any atom is 0.0779 e. The van der Waals surface area contributed by atoms with Crippen molar-refractivity contribution in [3.05, 3.63) is 70.9 Å². The smallest absolute Gasteiger partial charge is 0.0779 e. The van der Waals surface area contributed by atoms with E-state index < -0.39 is 0 Å². The maximum absolute atomic E-state index is 5.94. The van der Waals surface area contributed by atoms with Crippen LogP contribution in [0.1, 0.15) is 11.1 Å². The molecule has 0 spiro atoms. The zero-order valence-electron chi connectivity index (χ0n) is 10.9. The minimum absolute atomic E-state index is 0. The highest BCUT2D eigenvalue weighted by Crippen LogP contribution is 2.37. The Labute approximate surface area is 122 Å². The lowest BCUT2D eigenvalue weighted by molar-refractivity contribution is 0.888. The Morgan fingerprint density at radius 1 is 0.950 bits per heavy atom. The third-order valence-electron chi connectivity index (χ3n) is 3.57. The molecule has 1 heterocycles. The molecule has 1 aliphatic rings. The predicted octanol–water partition coefficient (Wildman–Crippen LogP) is 4.26. The fourth-order valence-corrected chi connectivity index (χ4v) is 2.81. The number of rotatable bonds is 1. The van der Waals surface area contributed by atoms with E-state index in [2.05, 4.69) is 29.4 Å². The van der Waals surface area contributed by atoms with Gasteiger partial charge >= 0.3 is 0 Å². The Hall–Kier alpha value is -2.10. The highest BCUT2D eigenvalue weighted by molar-refractivity contribution is 6.30. The van der Waals surface area contributed by atoms with E-state index in [0.717, 1.165) is 17.1 Å². The predicted molar refractivity (Wildman–Crippen MR) is 81.8 cm³/mol. The zero-order chi connectivity index (χ0) is 12.8. The molecule has 0 unspecified atom stereocenters. The first-order valence-corrected chi connectivity index (χ1v) is 6.62. The van der Waals surface area contributed by atoms with Crippen molar-refractivity contribution in [2.24, 2.45) is 0 Å². The Balaban J connectivity index is 0.00000121. The minimum atomic E-state index is 0. The van der Waals surface area contributed by atoms with Gasteiger partial charge in [0.1, 0.15) is 0 Å². The molecule has 4 rings (SSSR count). The summed E-state index contributed by atoms with van der Waals surface area (Å²) in [4.78, 5) is 0. The molecule has 0 amide bonds. The van der Waals surface area contributed by atoms with E-state index in [9.17, 15) is 0 Å². The topological polar surface area (TPSA) is 52.8 Å². The molecule has 1 aliphatic carbocycles. The number of nitrogens with zero attached hydrogens (tertiary/aromatic N) is 2. The third-order valence-corrected chi connectivity index (χ3v) is 3.82. The molecule has 0 fully saturated rings. The minimum Gasteiger partial charge on any atom is -0.344 e. The van der Waals surface area contributed by atoms with Crippen LogP contribution in [0.15, 0.2) is 54.7 Å². The number of benzene rings is 2. The molecule has 3 aromatic rings. The summed E-state index contributed by atoms with van der Waals surface area (Å²) in [5, 5.41) is 5.25. The second-order valence-corrected chi connectivity index (χ2v) is 5.18. The van der Waals surface area contributed by atoms with Crippen LogP contribution in [-0.4, -0.2) is 9.78 Å². The molecule has 0 saturated heterocycles. The van der Waals surface area contributed by atoms with Gasteiger partial charge in [-0.05, 0) is 29.8 Å². The van der Waals surface area contributed by atoms with Crippen LogP contribution in [0.2, 0.25) is 5.02 Å². The van der Waals surface area contributed by atoms with Crippen molar-refractivity contribution in [3.8, 4) is 16.9 Å². The Bertz CT molecular complexity index is 760. The van der Waals surface area contributed by atoms with Gasteiger partial charge in [0.05, 0.1) is 17.6 Å². The zero-order valence-corrected chi connectivity index (χ0v) is 11.6. The summed E-state index contributed by atoms with van der Waals surface area (Å²) in [6.45, 7) is 0. The molecule has 0 bridgehead atoms. The molecule has 0 atom stereocenters. The summed E-state index contributed by atoms with van der Waals surface area (Å²) in [5.41, 5.74) is 6.19. The lowest BCUT2D eigenvalue weighted by Gasteiger charge is -2.07. The van der Waals surface area contributed by atoms with Gasteiger partial charge in [-0.2, -0.15) is 5.10 Å². The van der Waals surface area contributed by atoms with Crippen molar-refractivity contribution in [1.82, 2.24) is 15.9 Å². The molecule has 3 N–H and O–H groups in total. The summed E-state index contributed by atoms with van der Waals surface area (Å²) in [7, 11) is 0. The second kappa shape index (κ2) is 4.78. The lowest BCUT2D eigenvalue weighted by atomic mass is 10.1. The van der Waals surface area contributed by atoms with Gasteiger partial charge in [0, 0.05) is 22.6 Å². The van der Waals surface area contributed by atoms with Gasteiger partial charge in [0.25, 0.3) is 0 Å². The van der Waals surface area contributed by atoms with Crippen molar-refractivity contribution < 1.29 is 0 Å². The fourth-order valence-electron chi connectivity index (χ4n) is 2.69. The number of hydrogen-bond donors (Lipinski definition) is 1. The molecule has 2 aromatic carbocycles. The number of halogens is 1. The van der Waals surface area contributed by atoms with E-state index in [0.29, 0.717) is 0 Å². The van der Waals surface area contributed by atoms with E-state index in [-0.39, 0.29) is 6.15 Å². The molecule has 0 radical (unpaired) electrons. The quantitative estimate of drug-likeness (QED) is 0.567. The first kappa shape index (κ1) is 12.9. The SMILES string of the molecule is Clc1ccc(-n2ncc3c2-c2ccccc2C3)cc1.N. The second-order valence-electron chi connectivity index (χ2n) is 4.74. The summed E-state index contributed by atoms with van der Waals surface area (Å²) in [6, 6.07) is 16.3. The van der Waals surface area contributed by atoms with Crippen molar-refractivity contribution in [1.29, 1.82) is 0 Å². The third kappa shape index (κ3) is 1.83. The van der Waals surface area contributed by atoms with Gasteiger partial charge in [-0.25, -0.2) is 4.68 Å². The molecule has 0 saturated carbocycles. The molecule has 0 aliphatic heterocycles. The van der Waals surface area contributed by atoms with Crippen LogP contribution in [-0.2, 0) is 6.42 Å². The van der Waals surface area contributed by atoms with Gasteiger partial charge in [-0.3, -0.25) is 0 Å². The largest absolute Gasteiger partial charge is 0.344 e. The van der Waals surface area contributed by atoms with Crippen molar-refractivity contribution in [2.75, 3.05) is 0 Å². The van der Waals surface area contributed by atoms with Crippen molar-refractivity contribution in [3.63, 3.8) is 0 Å². The number of aromatic nitrogens is 2. The number of fused-ring (bicyclic) bond motifs is 3. The molecule has 3 nitrogen and oxygen atoms in total. The van der Waals surface area contributed by atoms with Crippen LogP contribution in [0, 0.1) is 0 Å². The first-order chi connectivity index (χ1) is 9.33. The van der Waals surface area contributed by atoms with Gasteiger partial charge in [0.15, 0.2) is 0 Å². The van der Waals surface area contributed by atoms with Crippen LogP contribution in [0.3, 0.4) is 0 Å². The van der Waals surface area contributed by atoms with Crippen LogP contribution in [0.4, 0.5) is 0 Å². The van der Waals surface area contributed by atoms with E-state index in [1.165, 1.54) is 22.4 Å². The van der Waals surface area contributed by atoms with Gasteiger partial charge < -0.3 is 6.15 Å². The van der Waals surface area contributed by atoms with Crippen molar-refractivity contribution in [2.45, 2.75) is 6.42 Å². The monoisotopic (exact) mass is 283 g/mol.